The van der Waals surface area contributed by atoms with Crippen molar-refractivity contribution in [2.24, 2.45) is 0 Å². The van der Waals surface area contributed by atoms with Crippen molar-refractivity contribution in [1.29, 1.82) is 0 Å². The Kier molecular flexibility index (Phi) is 19.3. The maximum atomic E-state index is 2.56. The Hall–Kier alpha value is -16.8. The summed E-state index contributed by atoms with van der Waals surface area (Å²) in [6, 6.07) is 187. The number of hydrogen-bond acceptors (Lipinski definition) is 3. The van der Waals surface area contributed by atoms with Crippen molar-refractivity contribution in [3.63, 3.8) is 0 Å². The van der Waals surface area contributed by atoms with Crippen LogP contribution in [0.25, 0.3) is 164 Å². The highest BCUT2D eigenvalue weighted by Crippen LogP contribution is 2.51. The Morgan fingerprint density at radius 3 is 0.841 bits per heavy atom. The summed E-state index contributed by atoms with van der Waals surface area (Å²) in [5, 5.41) is 23.4. The zero-order valence-electron chi connectivity index (χ0n) is 72.6. The molecule has 0 saturated carbocycles. The molecule has 3 nitrogen and oxygen atoms in total. The molecule has 132 heavy (non-hydrogen) atoms. The van der Waals surface area contributed by atoms with Crippen LogP contribution in [-0.4, -0.2) is 20.5 Å². The predicted molar refractivity (Wildman–Crippen MR) is 570 cm³/mol. The van der Waals surface area contributed by atoms with E-state index in [9.17, 15) is 0 Å². The molecule has 0 bridgehead atoms. The molecule has 24 aromatic rings. The zero-order chi connectivity index (χ0) is 87.1. The smallest absolute Gasteiger partial charge is 0.328 e. The second-order valence-corrected chi connectivity index (χ2v) is 35.0. The standard InChI is InChI=1S/3C42H28BN/c1-3-14-30(15-4-1)43-40-24-13-23-32(42(40)38-22-11-12-25-41(38)44(43)31-16-5-2-6-17-31)29-26-27-37-35-20-8-7-18-33(35)34-19-9-10-21-36(34)39(37)28-29;1-3-14-30(15-4-1)43-41-25-12-11-22-38(41)39-24-13-23-32(42(39)44(43)31-16-5-2-6-17-31)29-26-27-37-35-20-8-7-18-33(35)34-19-9-10-21-36(34)40(37)28-29;1-3-13-31(14-4-1)43-41-22-12-11-21-38(41)39-26-24-30(28-42(39)44(43)32-15-5-2-6-16-32)29-23-25-37-35-19-8-7-17-33(35)34-18-9-10-20-36(34)40(37)27-29/h3*1-28H. The van der Waals surface area contributed by atoms with E-state index in [1.54, 1.807) is 0 Å². The molecule has 3 heterocycles. The number of benzene rings is 24. The molecular formula is C126H84B3N3. The minimum atomic E-state index is 0.0358. The van der Waals surface area contributed by atoms with Gasteiger partial charge in [-0.15, -0.1) is 0 Å². The minimum absolute atomic E-state index is 0.0358. The highest BCUT2D eigenvalue weighted by molar-refractivity contribution is 6.92. The largest absolute Gasteiger partial charge is 0.376 e. The lowest BCUT2D eigenvalue weighted by Crippen LogP contribution is -2.57. The first kappa shape index (κ1) is 77.6. The van der Waals surface area contributed by atoms with Crippen molar-refractivity contribution in [3.8, 4) is 66.8 Å². The number of anilines is 6. The van der Waals surface area contributed by atoms with Gasteiger partial charge in [-0.1, -0.05) is 459 Å². The number of fused-ring (bicyclic) bond motifs is 27. The third-order valence-corrected chi connectivity index (χ3v) is 27.9. The van der Waals surface area contributed by atoms with Gasteiger partial charge in [0.05, 0.1) is 0 Å². The summed E-state index contributed by atoms with van der Waals surface area (Å²) in [7, 11) is 0. The molecule has 0 atom stereocenters. The Labute approximate surface area is 769 Å². The fourth-order valence-electron chi connectivity index (χ4n) is 22.2. The van der Waals surface area contributed by atoms with Crippen LogP contribution in [0.3, 0.4) is 0 Å². The van der Waals surface area contributed by atoms with E-state index in [1.807, 2.05) is 0 Å². The van der Waals surface area contributed by atoms with Crippen LogP contribution in [0, 0.1) is 0 Å². The summed E-state index contributed by atoms with van der Waals surface area (Å²) in [4.78, 5) is 7.60. The van der Waals surface area contributed by atoms with Crippen LogP contribution >= 0.6 is 0 Å². The Morgan fingerprint density at radius 2 is 0.402 bits per heavy atom. The summed E-state index contributed by atoms with van der Waals surface area (Å²) in [5.41, 5.74) is 30.2. The van der Waals surface area contributed by atoms with Gasteiger partial charge >= 0.3 is 20.5 Å². The van der Waals surface area contributed by atoms with Gasteiger partial charge in [0.1, 0.15) is 0 Å². The Balaban J connectivity index is 0.000000106. The summed E-state index contributed by atoms with van der Waals surface area (Å²) >= 11 is 0. The van der Waals surface area contributed by atoms with E-state index in [1.165, 1.54) is 231 Å². The summed E-state index contributed by atoms with van der Waals surface area (Å²) in [5.74, 6) is 0. The molecule has 0 aromatic heterocycles. The summed E-state index contributed by atoms with van der Waals surface area (Å²) < 4.78 is 0. The lowest BCUT2D eigenvalue weighted by atomic mass is 9.45. The topological polar surface area (TPSA) is 9.72 Å². The average Bonchev–Trinajstić information content (AvgIpc) is 0.750. The molecule has 3 aliphatic heterocycles. The van der Waals surface area contributed by atoms with Crippen LogP contribution in [-0.2, 0) is 0 Å². The number of hydrogen-bond donors (Lipinski definition) is 0. The van der Waals surface area contributed by atoms with Crippen LogP contribution in [0.1, 0.15) is 0 Å². The van der Waals surface area contributed by atoms with Gasteiger partial charge in [-0.05, 0) is 225 Å². The third-order valence-electron chi connectivity index (χ3n) is 27.9. The van der Waals surface area contributed by atoms with Gasteiger partial charge in [-0.25, -0.2) is 0 Å². The fourth-order valence-corrected chi connectivity index (χ4v) is 22.2. The number of nitrogens with zero attached hydrogens (tertiary/aromatic N) is 3. The molecule has 0 radical (unpaired) electrons. The van der Waals surface area contributed by atoms with Crippen LogP contribution < -0.4 is 47.2 Å². The minimum Gasteiger partial charge on any atom is -0.376 e. The van der Waals surface area contributed by atoms with Crippen molar-refractivity contribution in [1.82, 2.24) is 0 Å². The lowest BCUT2D eigenvalue weighted by molar-refractivity contribution is 1.36. The molecule has 0 spiro atoms. The Bertz CT molecular complexity index is 8440. The number of para-hydroxylation sites is 5. The first-order valence-corrected chi connectivity index (χ1v) is 45.9. The van der Waals surface area contributed by atoms with E-state index >= 15 is 0 Å². The van der Waals surface area contributed by atoms with Crippen LogP contribution in [0.5, 0.6) is 0 Å². The van der Waals surface area contributed by atoms with Crippen molar-refractivity contribution >= 4 is 184 Å². The molecule has 24 aromatic carbocycles. The van der Waals surface area contributed by atoms with Crippen molar-refractivity contribution in [3.05, 3.63) is 510 Å². The monoisotopic (exact) mass is 1670 g/mol. The van der Waals surface area contributed by atoms with Crippen LogP contribution in [0.4, 0.5) is 34.1 Å². The number of rotatable bonds is 9. The molecule has 0 saturated heterocycles. The average molecular weight is 1670 g/mol. The summed E-state index contributed by atoms with van der Waals surface area (Å²) in [6.07, 6.45) is 0. The molecule has 0 aliphatic carbocycles. The quantitative estimate of drug-likeness (QED) is 0.105. The maximum Gasteiger partial charge on any atom is 0.328 e. The molecule has 6 heteroatoms. The molecule has 3 aliphatic rings. The Morgan fingerprint density at radius 1 is 0.136 bits per heavy atom. The summed E-state index contributed by atoms with van der Waals surface area (Å²) in [6.45, 7) is 0.131. The van der Waals surface area contributed by atoms with Crippen molar-refractivity contribution in [2.75, 3.05) is 14.4 Å². The van der Waals surface area contributed by atoms with E-state index in [2.05, 4.69) is 524 Å². The van der Waals surface area contributed by atoms with Gasteiger partial charge in [-0.3, -0.25) is 0 Å². The van der Waals surface area contributed by atoms with E-state index in [0.29, 0.717) is 0 Å². The SMILES string of the molecule is c1ccc(B2c3cccc(-c4ccc5c6ccccc6c6ccccc6c5c4)c3-c3ccccc3N2c2ccccc2)cc1.c1ccc(B2c3ccccc3-c3ccc(-c4ccc5c6ccccc6c6ccccc6c5c4)cc3N2c2ccccc2)cc1.c1ccc(B2c3ccccc3-c3cccc(-c4ccc5c6ccccc6c6ccccc6c5c4)c3N2c2ccccc2)cc1. The van der Waals surface area contributed by atoms with Gasteiger partial charge in [0.15, 0.2) is 0 Å². The zero-order valence-corrected chi connectivity index (χ0v) is 72.6. The van der Waals surface area contributed by atoms with Gasteiger partial charge in [0.2, 0.25) is 0 Å². The molecule has 0 amide bonds. The highest BCUT2D eigenvalue weighted by Gasteiger charge is 2.42. The molecular weight excluding hydrogens is 1590 g/mol. The highest BCUT2D eigenvalue weighted by atomic mass is 15.1. The second kappa shape index (κ2) is 32.8. The molecule has 0 N–H and O–H groups in total. The third kappa shape index (κ3) is 13.1. The first-order chi connectivity index (χ1) is 65.6. The normalized spacial score (nSPS) is 12.5. The second-order valence-electron chi connectivity index (χ2n) is 35.0. The fraction of sp³-hybridized carbons (Fsp3) is 0. The van der Waals surface area contributed by atoms with Gasteiger partial charge < -0.3 is 14.4 Å². The first-order valence-electron chi connectivity index (χ1n) is 45.9. The maximum absolute atomic E-state index is 2.56. The van der Waals surface area contributed by atoms with E-state index in [4.69, 9.17) is 0 Å². The van der Waals surface area contributed by atoms with Gasteiger partial charge in [-0.2, -0.15) is 0 Å². The predicted octanol–water partition coefficient (Wildman–Crippen LogP) is 29.2. The van der Waals surface area contributed by atoms with Gasteiger partial charge in [0, 0.05) is 56.4 Å². The molecule has 27 rings (SSSR count). The molecule has 612 valence electrons. The van der Waals surface area contributed by atoms with E-state index < -0.39 is 0 Å². The van der Waals surface area contributed by atoms with E-state index in [-0.39, 0.29) is 20.5 Å². The molecule has 0 fully saturated rings. The van der Waals surface area contributed by atoms with Crippen LogP contribution in [0.15, 0.2) is 510 Å². The lowest BCUT2D eigenvalue weighted by Gasteiger charge is -2.40. The van der Waals surface area contributed by atoms with Crippen molar-refractivity contribution in [2.45, 2.75) is 0 Å². The van der Waals surface area contributed by atoms with Gasteiger partial charge in [0.25, 0.3) is 0 Å². The van der Waals surface area contributed by atoms with Crippen LogP contribution in [0.2, 0.25) is 0 Å². The van der Waals surface area contributed by atoms with Crippen molar-refractivity contribution < 1.29 is 0 Å². The van der Waals surface area contributed by atoms with E-state index in [0.717, 1.165) is 0 Å². The molecule has 0 unspecified atom stereocenters.